The summed E-state index contributed by atoms with van der Waals surface area (Å²) < 4.78 is 11.1. The van der Waals surface area contributed by atoms with Crippen LogP contribution in [0.3, 0.4) is 0 Å². The first-order valence-corrected chi connectivity index (χ1v) is 9.13. The highest BCUT2D eigenvalue weighted by Gasteiger charge is 2.12. The number of benzene rings is 2. The van der Waals surface area contributed by atoms with E-state index in [-0.39, 0.29) is 17.4 Å². The van der Waals surface area contributed by atoms with E-state index in [1.165, 1.54) is 6.92 Å². The summed E-state index contributed by atoms with van der Waals surface area (Å²) in [6.07, 6.45) is 1.59. The number of nitrogens with one attached hydrogen (secondary N) is 2. The molecule has 1 aliphatic rings. The smallest absolute Gasteiger partial charge is 0.274 e. The summed E-state index contributed by atoms with van der Waals surface area (Å²) in [6, 6.07) is 15.7. The van der Waals surface area contributed by atoms with Crippen LogP contribution in [0.4, 0.5) is 17.1 Å². The molecular formula is C22H19N3O4. The van der Waals surface area contributed by atoms with Crippen LogP contribution in [0, 0.1) is 0 Å². The van der Waals surface area contributed by atoms with Gasteiger partial charge in [-0.25, -0.2) is 4.98 Å². The molecule has 2 N–H and O–H groups in total. The first-order chi connectivity index (χ1) is 14.1. The molecule has 7 heteroatoms. The second-order valence-corrected chi connectivity index (χ2v) is 6.50. The van der Waals surface area contributed by atoms with Crippen LogP contribution in [0.15, 0.2) is 60.8 Å². The van der Waals surface area contributed by atoms with Gasteiger partial charge in [-0.2, -0.15) is 0 Å². The number of fused-ring (bicyclic) bond motifs is 1. The van der Waals surface area contributed by atoms with Crippen molar-refractivity contribution in [1.29, 1.82) is 0 Å². The molecule has 1 amide bonds. The molecular weight excluding hydrogens is 370 g/mol. The number of pyridine rings is 1. The second kappa shape index (κ2) is 8.02. The lowest BCUT2D eigenvalue weighted by molar-refractivity contribution is 0.101. The zero-order valence-electron chi connectivity index (χ0n) is 15.8. The van der Waals surface area contributed by atoms with Crippen molar-refractivity contribution in [2.45, 2.75) is 6.92 Å². The van der Waals surface area contributed by atoms with E-state index in [1.807, 2.05) is 18.2 Å². The summed E-state index contributed by atoms with van der Waals surface area (Å²) >= 11 is 0. The van der Waals surface area contributed by atoms with E-state index in [1.54, 1.807) is 42.6 Å². The van der Waals surface area contributed by atoms with Crippen LogP contribution >= 0.6 is 0 Å². The van der Waals surface area contributed by atoms with Crippen molar-refractivity contribution in [3.8, 4) is 11.5 Å². The minimum absolute atomic E-state index is 0.0225. The lowest BCUT2D eigenvalue weighted by atomic mass is 10.1. The number of ether oxygens (including phenoxy) is 2. The molecule has 0 spiro atoms. The van der Waals surface area contributed by atoms with Crippen molar-refractivity contribution < 1.29 is 19.1 Å². The third kappa shape index (κ3) is 4.35. The molecule has 2 heterocycles. The number of ketones is 1. The Morgan fingerprint density at radius 1 is 0.862 bits per heavy atom. The quantitative estimate of drug-likeness (QED) is 0.640. The summed E-state index contributed by atoms with van der Waals surface area (Å²) in [6.45, 7) is 2.57. The van der Waals surface area contributed by atoms with Crippen LogP contribution in [0.1, 0.15) is 27.8 Å². The Morgan fingerprint density at radius 2 is 1.55 bits per heavy atom. The molecule has 0 unspecified atom stereocenters. The molecule has 0 aliphatic carbocycles. The molecule has 0 bridgehead atoms. The second-order valence-electron chi connectivity index (χ2n) is 6.50. The predicted octanol–water partition coefficient (Wildman–Crippen LogP) is 4.05. The van der Waals surface area contributed by atoms with Crippen LogP contribution < -0.4 is 20.1 Å². The first kappa shape index (κ1) is 18.5. The molecule has 7 nitrogen and oxygen atoms in total. The van der Waals surface area contributed by atoms with Crippen LogP contribution in [-0.2, 0) is 0 Å². The zero-order chi connectivity index (χ0) is 20.2. The van der Waals surface area contributed by atoms with Crippen molar-refractivity contribution in [3.63, 3.8) is 0 Å². The van der Waals surface area contributed by atoms with E-state index < -0.39 is 0 Å². The minimum Gasteiger partial charge on any atom is -0.486 e. The molecule has 4 rings (SSSR count). The van der Waals surface area contributed by atoms with Crippen molar-refractivity contribution in [2.24, 2.45) is 0 Å². The zero-order valence-corrected chi connectivity index (χ0v) is 15.8. The van der Waals surface area contributed by atoms with Gasteiger partial charge < -0.3 is 20.1 Å². The fraction of sp³-hybridized carbons (Fsp3) is 0.136. The van der Waals surface area contributed by atoms with Crippen LogP contribution in [-0.4, -0.2) is 29.9 Å². The molecule has 3 aromatic rings. The SMILES string of the molecule is CC(=O)c1ccc(NC(=O)c2ccc(Nc3ccc4c(c3)OCCO4)cn2)cc1. The minimum atomic E-state index is -0.327. The van der Waals surface area contributed by atoms with E-state index in [4.69, 9.17) is 9.47 Å². The maximum absolute atomic E-state index is 12.4. The Bertz CT molecular complexity index is 1050. The number of carbonyl (C=O) groups is 2. The monoisotopic (exact) mass is 389 g/mol. The van der Waals surface area contributed by atoms with Gasteiger partial charge in [-0.05, 0) is 55.5 Å². The standard InChI is InChI=1S/C22H19N3O4/c1-14(26)15-2-4-16(5-3-15)25-22(27)19-8-6-18(13-23-19)24-17-7-9-20-21(12-17)29-11-10-28-20/h2-9,12-13,24H,10-11H2,1H3,(H,25,27). The van der Waals surface area contributed by atoms with Crippen LogP contribution in [0.25, 0.3) is 0 Å². The van der Waals surface area contributed by atoms with Gasteiger partial charge in [0.05, 0.1) is 11.9 Å². The molecule has 0 fully saturated rings. The van der Waals surface area contributed by atoms with Gasteiger partial charge in [0.15, 0.2) is 17.3 Å². The first-order valence-electron chi connectivity index (χ1n) is 9.13. The van der Waals surface area contributed by atoms with Crippen molar-refractivity contribution in [2.75, 3.05) is 23.8 Å². The molecule has 0 radical (unpaired) electrons. The molecule has 146 valence electrons. The fourth-order valence-electron chi connectivity index (χ4n) is 2.87. The van der Waals surface area contributed by atoms with Crippen molar-refractivity contribution in [1.82, 2.24) is 4.98 Å². The summed E-state index contributed by atoms with van der Waals surface area (Å²) in [4.78, 5) is 27.9. The predicted molar refractivity (Wildman–Crippen MR) is 109 cm³/mol. The van der Waals surface area contributed by atoms with E-state index in [0.717, 1.165) is 17.1 Å². The van der Waals surface area contributed by atoms with Gasteiger partial charge in [0.2, 0.25) is 0 Å². The normalized spacial score (nSPS) is 12.2. The summed E-state index contributed by atoms with van der Waals surface area (Å²) in [5.41, 5.74) is 3.05. The van der Waals surface area contributed by atoms with E-state index in [0.29, 0.717) is 30.2 Å². The molecule has 1 aliphatic heterocycles. The summed E-state index contributed by atoms with van der Waals surface area (Å²) in [5, 5.41) is 5.99. The number of nitrogens with zero attached hydrogens (tertiary/aromatic N) is 1. The van der Waals surface area contributed by atoms with Gasteiger partial charge in [-0.3, -0.25) is 9.59 Å². The third-order valence-electron chi connectivity index (χ3n) is 4.38. The molecule has 2 aromatic carbocycles. The summed E-state index contributed by atoms with van der Waals surface area (Å²) in [7, 11) is 0. The Morgan fingerprint density at radius 3 is 2.24 bits per heavy atom. The van der Waals surface area contributed by atoms with Crippen LogP contribution in [0.5, 0.6) is 11.5 Å². The molecule has 0 atom stereocenters. The van der Waals surface area contributed by atoms with E-state index in [9.17, 15) is 9.59 Å². The number of carbonyl (C=O) groups excluding carboxylic acids is 2. The van der Waals surface area contributed by atoms with Crippen molar-refractivity contribution >= 4 is 28.8 Å². The fourth-order valence-corrected chi connectivity index (χ4v) is 2.87. The number of anilines is 3. The highest BCUT2D eigenvalue weighted by Crippen LogP contribution is 2.33. The van der Waals surface area contributed by atoms with Crippen LogP contribution in [0.2, 0.25) is 0 Å². The van der Waals surface area contributed by atoms with Gasteiger partial charge in [-0.15, -0.1) is 0 Å². The number of hydrogen-bond acceptors (Lipinski definition) is 6. The van der Waals surface area contributed by atoms with Gasteiger partial charge in [0.25, 0.3) is 5.91 Å². The summed E-state index contributed by atoms with van der Waals surface area (Å²) in [5.74, 6) is 1.07. The number of aromatic nitrogens is 1. The number of rotatable bonds is 5. The van der Waals surface area contributed by atoms with E-state index >= 15 is 0 Å². The maximum Gasteiger partial charge on any atom is 0.274 e. The largest absolute Gasteiger partial charge is 0.486 e. The lowest BCUT2D eigenvalue weighted by Crippen LogP contribution is -2.15. The van der Waals surface area contributed by atoms with Gasteiger partial charge in [0.1, 0.15) is 18.9 Å². The Labute approximate surface area is 167 Å². The van der Waals surface area contributed by atoms with Gasteiger partial charge >= 0.3 is 0 Å². The average molecular weight is 389 g/mol. The lowest BCUT2D eigenvalue weighted by Gasteiger charge is -2.19. The van der Waals surface area contributed by atoms with Gasteiger partial charge in [-0.1, -0.05) is 0 Å². The van der Waals surface area contributed by atoms with E-state index in [2.05, 4.69) is 15.6 Å². The number of amides is 1. The number of Topliss-reactive ketones (excluding diaryl/α,β-unsaturated/α-hetero) is 1. The third-order valence-corrected chi connectivity index (χ3v) is 4.38. The Hall–Kier alpha value is -3.87. The average Bonchev–Trinajstić information content (AvgIpc) is 2.74. The van der Waals surface area contributed by atoms with Crippen molar-refractivity contribution in [3.05, 3.63) is 72.1 Å². The van der Waals surface area contributed by atoms with Gasteiger partial charge in [0, 0.05) is 23.0 Å². The number of hydrogen-bond donors (Lipinski definition) is 2. The topological polar surface area (TPSA) is 89.6 Å². The maximum atomic E-state index is 12.4. The highest BCUT2D eigenvalue weighted by atomic mass is 16.6. The molecule has 0 saturated heterocycles. The molecule has 1 aromatic heterocycles. The molecule has 0 saturated carbocycles. The highest BCUT2D eigenvalue weighted by molar-refractivity contribution is 6.03. The molecule has 29 heavy (non-hydrogen) atoms. The Balaban J connectivity index is 1.40. The Kier molecular flexibility index (Phi) is 5.11.